The van der Waals surface area contributed by atoms with Crippen LogP contribution < -0.4 is 4.90 Å². The highest BCUT2D eigenvalue weighted by atomic mass is 32.2. The van der Waals surface area contributed by atoms with E-state index in [4.69, 9.17) is 0 Å². The highest BCUT2D eigenvalue weighted by Crippen LogP contribution is 2.23. The van der Waals surface area contributed by atoms with E-state index in [-0.39, 0.29) is 0 Å². The highest BCUT2D eigenvalue weighted by Gasteiger charge is 2.17. The average Bonchev–Trinajstić information content (AvgIpc) is 2.27. The molecular formula is C13H19NO2S. The van der Waals surface area contributed by atoms with Gasteiger partial charge in [0.1, 0.15) is 0 Å². The summed E-state index contributed by atoms with van der Waals surface area (Å²) < 4.78 is 0. The van der Waals surface area contributed by atoms with Gasteiger partial charge in [0.15, 0.2) is 0 Å². The molecule has 3 nitrogen and oxygen atoms in total. The number of benzene rings is 1. The number of hydrogen-bond donors (Lipinski definition) is 1. The molecule has 4 heteroatoms. The lowest BCUT2D eigenvalue weighted by Gasteiger charge is -2.28. The Morgan fingerprint density at radius 2 is 2.18 bits per heavy atom. The van der Waals surface area contributed by atoms with Crippen molar-refractivity contribution in [1.82, 2.24) is 0 Å². The summed E-state index contributed by atoms with van der Waals surface area (Å²) in [5, 5.41) is 9.19. The van der Waals surface area contributed by atoms with Crippen LogP contribution in [0.2, 0.25) is 0 Å². The summed E-state index contributed by atoms with van der Waals surface area (Å²) in [6, 6.07) is 5.75. The molecule has 17 heavy (non-hydrogen) atoms. The van der Waals surface area contributed by atoms with Crippen LogP contribution in [0.5, 0.6) is 0 Å². The zero-order valence-corrected chi connectivity index (χ0v) is 11.5. The van der Waals surface area contributed by atoms with Crippen molar-refractivity contribution in [2.24, 2.45) is 0 Å². The van der Waals surface area contributed by atoms with Crippen molar-refractivity contribution in [3.63, 3.8) is 0 Å². The Bertz CT molecular complexity index is 406. The number of aryl methyl sites for hydroxylation is 1. The Kier molecular flexibility index (Phi) is 4.87. The number of hydrogen-bond acceptors (Lipinski definition) is 3. The molecule has 0 aliphatic carbocycles. The van der Waals surface area contributed by atoms with E-state index in [1.807, 2.05) is 31.0 Å². The molecule has 0 aliphatic rings. The second kappa shape index (κ2) is 5.96. The summed E-state index contributed by atoms with van der Waals surface area (Å²) in [6.07, 6.45) is 2.05. The van der Waals surface area contributed by atoms with Gasteiger partial charge in [0, 0.05) is 18.8 Å². The molecule has 0 bridgehead atoms. The van der Waals surface area contributed by atoms with Gasteiger partial charge in [0.25, 0.3) is 0 Å². The van der Waals surface area contributed by atoms with Crippen molar-refractivity contribution < 1.29 is 9.90 Å². The van der Waals surface area contributed by atoms with Crippen LogP contribution in [0.25, 0.3) is 0 Å². The molecule has 0 aliphatic heterocycles. The summed E-state index contributed by atoms with van der Waals surface area (Å²) in [7, 11) is 1.95. The minimum atomic E-state index is -0.872. The van der Waals surface area contributed by atoms with E-state index < -0.39 is 5.97 Å². The van der Waals surface area contributed by atoms with Crippen molar-refractivity contribution in [3.05, 3.63) is 29.3 Å². The van der Waals surface area contributed by atoms with Crippen molar-refractivity contribution in [3.8, 4) is 0 Å². The molecule has 1 aromatic carbocycles. The van der Waals surface area contributed by atoms with Gasteiger partial charge in [-0.15, -0.1) is 0 Å². The van der Waals surface area contributed by atoms with Gasteiger partial charge in [-0.05, 0) is 37.8 Å². The number of carboxylic acid groups (broad SMARTS) is 1. The molecule has 94 valence electrons. The lowest BCUT2D eigenvalue weighted by Crippen LogP contribution is -2.32. The number of thioether (sulfide) groups is 1. The molecule has 0 amide bonds. The Morgan fingerprint density at radius 3 is 2.71 bits per heavy atom. The fraction of sp³-hybridized carbons (Fsp3) is 0.462. The maximum absolute atomic E-state index is 11.2. The van der Waals surface area contributed by atoms with Crippen molar-refractivity contribution in [2.45, 2.75) is 19.9 Å². The number of anilines is 1. The molecule has 0 fully saturated rings. The third-order valence-corrected chi connectivity index (χ3v) is 3.65. The first-order valence-corrected chi connectivity index (χ1v) is 6.92. The monoisotopic (exact) mass is 253 g/mol. The normalized spacial score (nSPS) is 12.2. The molecule has 0 spiro atoms. The molecule has 0 saturated heterocycles. The van der Waals surface area contributed by atoms with E-state index in [0.717, 1.165) is 17.0 Å². The van der Waals surface area contributed by atoms with E-state index in [0.29, 0.717) is 11.6 Å². The van der Waals surface area contributed by atoms with Crippen molar-refractivity contribution >= 4 is 23.4 Å². The summed E-state index contributed by atoms with van der Waals surface area (Å²) in [5.41, 5.74) is 2.23. The third kappa shape index (κ3) is 3.40. The minimum absolute atomic E-state index is 0.310. The fourth-order valence-electron chi connectivity index (χ4n) is 1.70. The second-order valence-electron chi connectivity index (χ2n) is 4.24. The molecule has 0 aromatic heterocycles. The van der Waals surface area contributed by atoms with E-state index >= 15 is 0 Å². The average molecular weight is 253 g/mol. The molecule has 1 aromatic rings. The summed E-state index contributed by atoms with van der Waals surface area (Å²) in [5.74, 6) is 0.104. The minimum Gasteiger partial charge on any atom is -0.478 e. The van der Waals surface area contributed by atoms with Crippen LogP contribution in [0.3, 0.4) is 0 Å². The van der Waals surface area contributed by atoms with Gasteiger partial charge in [-0.3, -0.25) is 0 Å². The topological polar surface area (TPSA) is 40.5 Å². The maximum Gasteiger partial charge on any atom is 0.337 e. The Labute approximate surface area is 107 Å². The Hall–Kier alpha value is -1.16. The predicted molar refractivity (Wildman–Crippen MR) is 74.4 cm³/mol. The molecule has 0 heterocycles. The SMILES string of the molecule is CSCC(C)N(C)c1cc(C)ccc1C(=O)O. The second-order valence-corrected chi connectivity index (χ2v) is 5.15. The first-order chi connectivity index (χ1) is 7.97. The van der Waals surface area contributed by atoms with Gasteiger partial charge >= 0.3 is 5.97 Å². The molecular weight excluding hydrogens is 234 g/mol. The highest BCUT2D eigenvalue weighted by molar-refractivity contribution is 7.98. The standard InChI is InChI=1S/C13H19NO2S/c1-9-5-6-11(13(15)16)12(7-9)14(3)10(2)8-17-4/h5-7,10H,8H2,1-4H3,(H,15,16). The quantitative estimate of drug-likeness (QED) is 0.876. The van der Waals surface area contributed by atoms with E-state index in [1.165, 1.54) is 0 Å². The van der Waals surface area contributed by atoms with Gasteiger partial charge in [0.2, 0.25) is 0 Å². The van der Waals surface area contributed by atoms with Gasteiger partial charge in [0.05, 0.1) is 11.3 Å². The predicted octanol–water partition coefficient (Wildman–Crippen LogP) is 2.88. The van der Waals surface area contributed by atoms with Crippen LogP contribution in [-0.4, -0.2) is 36.2 Å². The first kappa shape index (κ1) is 13.9. The number of aromatic carboxylic acids is 1. The van der Waals surface area contributed by atoms with Gasteiger partial charge < -0.3 is 10.0 Å². The largest absolute Gasteiger partial charge is 0.478 e. The number of rotatable bonds is 5. The molecule has 1 rings (SSSR count). The third-order valence-electron chi connectivity index (χ3n) is 2.83. The van der Waals surface area contributed by atoms with Crippen LogP contribution >= 0.6 is 11.8 Å². The number of carbonyl (C=O) groups is 1. The summed E-state index contributed by atoms with van der Waals surface area (Å²) in [6.45, 7) is 4.08. The molecule has 0 radical (unpaired) electrons. The Morgan fingerprint density at radius 1 is 1.53 bits per heavy atom. The zero-order chi connectivity index (χ0) is 13.0. The molecule has 0 saturated carbocycles. The maximum atomic E-state index is 11.2. The van der Waals surface area contributed by atoms with Gasteiger partial charge in [-0.25, -0.2) is 4.79 Å². The lowest BCUT2D eigenvalue weighted by atomic mass is 10.1. The molecule has 1 N–H and O–H groups in total. The zero-order valence-electron chi connectivity index (χ0n) is 10.7. The van der Waals surface area contributed by atoms with Crippen LogP contribution in [-0.2, 0) is 0 Å². The first-order valence-electron chi connectivity index (χ1n) is 5.53. The van der Waals surface area contributed by atoms with E-state index in [2.05, 4.69) is 13.2 Å². The number of carboxylic acids is 1. The van der Waals surface area contributed by atoms with E-state index in [1.54, 1.807) is 17.8 Å². The van der Waals surface area contributed by atoms with Gasteiger partial charge in [-0.2, -0.15) is 11.8 Å². The summed E-state index contributed by atoms with van der Waals surface area (Å²) >= 11 is 1.76. The van der Waals surface area contributed by atoms with Gasteiger partial charge in [-0.1, -0.05) is 6.07 Å². The van der Waals surface area contributed by atoms with Crippen LogP contribution in [0, 0.1) is 6.92 Å². The van der Waals surface area contributed by atoms with Crippen LogP contribution in [0.4, 0.5) is 5.69 Å². The molecule has 1 atom stereocenters. The van der Waals surface area contributed by atoms with Crippen molar-refractivity contribution in [2.75, 3.05) is 24.0 Å². The van der Waals surface area contributed by atoms with Crippen molar-refractivity contribution in [1.29, 1.82) is 0 Å². The molecule has 1 unspecified atom stereocenters. The Balaban J connectivity index is 3.10. The smallest absolute Gasteiger partial charge is 0.337 e. The van der Waals surface area contributed by atoms with E-state index in [9.17, 15) is 9.90 Å². The number of nitrogens with zero attached hydrogens (tertiary/aromatic N) is 1. The lowest BCUT2D eigenvalue weighted by molar-refractivity contribution is 0.0697. The van der Waals surface area contributed by atoms with Crippen LogP contribution in [0.15, 0.2) is 18.2 Å². The fourth-order valence-corrected chi connectivity index (χ4v) is 2.41. The summed E-state index contributed by atoms with van der Waals surface area (Å²) in [4.78, 5) is 13.2. The van der Waals surface area contributed by atoms with Crippen LogP contribution in [0.1, 0.15) is 22.8 Å².